The van der Waals surface area contributed by atoms with Gasteiger partial charge in [0.25, 0.3) is 0 Å². The van der Waals surface area contributed by atoms with Crippen LogP contribution in [0.3, 0.4) is 0 Å². The van der Waals surface area contributed by atoms with E-state index in [9.17, 15) is 5.11 Å². The maximum absolute atomic E-state index is 10.0. The third-order valence-electron chi connectivity index (χ3n) is 2.21. The molecule has 1 aliphatic rings. The third-order valence-corrected chi connectivity index (χ3v) is 2.21. The van der Waals surface area contributed by atoms with E-state index in [4.69, 9.17) is 0 Å². The van der Waals surface area contributed by atoms with Gasteiger partial charge in [-0.3, -0.25) is 0 Å². The normalized spacial score (nSPS) is 14.0. The second kappa shape index (κ2) is 4.47. The summed E-state index contributed by atoms with van der Waals surface area (Å²) in [6, 6.07) is 9.54. The van der Waals surface area contributed by atoms with Crippen LogP contribution in [0.2, 0.25) is 0 Å². The molecule has 0 atom stereocenters. The van der Waals surface area contributed by atoms with Gasteiger partial charge in [-0.2, -0.15) is 0 Å². The lowest BCUT2D eigenvalue weighted by Crippen LogP contribution is -1.86. The highest BCUT2D eigenvalue weighted by Crippen LogP contribution is 2.18. The third kappa shape index (κ3) is 2.26. The lowest BCUT2D eigenvalue weighted by atomic mass is 10.1. The number of allylic oxidation sites excluding steroid dienone is 7. The Morgan fingerprint density at radius 3 is 2.00 bits per heavy atom. The molecule has 0 radical (unpaired) electrons. The van der Waals surface area contributed by atoms with Gasteiger partial charge in [0.2, 0.25) is 0 Å². The first kappa shape index (κ1) is 9.53. The van der Waals surface area contributed by atoms with Crippen LogP contribution in [0.25, 0.3) is 5.76 Å². The van der Waals surface area contributed by atoms with E-state index in [1.165, 1.54) is 0 Å². The first-order valence-corrected chi connectivity index (χ1v) is 4.88. The fourth-order valence-electron chi connectivity index (χ4n) is 1.42. The summed E-state index contributed by atoms with van der Waals surface area (Å²) in [6.07, 6.45) is 11.5. The number of aliphatic hydroxyl groups excluding tert-OH is 1. The number of hydrogen-bond acceptors (Lipinski definition) is 1. The van der Waals surface area contributed by atoms with Crippen molar-refractivity contribution in [3.63, 3.8) is 0 Å². The molecule has 0 aliphatic heterocycles. The zero-order valence-electron chi connectivity index (χ0n) is 8.30. The van der Waals surface area contributed by atoms with E-state index in [0.29, 0.717) is 5.76 Å². The van der Waals surface area contributed by atoms with E-state index < -0.39 is 0 Å². The summed E-state index contributed by atoms with van der Waals surface area (Å²) in [5, 5.41) is 10.0. The summed E-state index contributed by atoms with van der Waals surface area (Å²) in [5.41, 5.74) is 1.66. The van der Waals surface area contributed by atoms with Gasteiger partial charge in [0, 0.05) is 11.1 Å². The molecule has 0 fully saturated rings. The average Bonchev–Trinajstić information content (AvgIpc) is 2.58. The van der Waals surface area contributed by atoms with Crippen LogP contribution in [-0.2, 0) is 0 Å². The van der Waals surface area contributed by atoms with E-state index in [-0.39, 0.29) is 0 Å². The van der Waals surface area contributed by atoms with Crippen LogP contribution in [0, 0.1) is 0 Å². The van der Waals surface area contributed by atoms with Crippen molar-refractivity contribution in [1.29, 1.82) is 0 Å². The van der Waals surface area contributed by atoms with Gasteiger partial charge in [-0.25, -0.2) is 0 Å². The molecule has 15 heavy (non-hydrogen) atoms. The Bertz CT molecular complexity index is 429. The first-order chi connectivity index (χ1) is 7.38. The molecule has 1 N–H and O–H groups in total. The number of aliphatic hydroxyl groups is 1. The molecule has 0 saturated heterocycles. The maximum atomic E-state index is 10.0. The van der Waals surface area contributed by atoms with Crippen LogP contribution < -0.4 is 0 Å². The van der Waals surface area contributed by atoms with Crippen molar-refractivity contribution < 1.29 is 5.11 Å². The van der Waals surface area contributed by atoms with Crippen LogP contribution >= 0.6 is 0 Å². The summed E-state index contributed by atoms with van der Waals surface area (Å²) < 4.78 is 0. The topological polar surface area (TPSA) is 20.2 Å². The number of hydrogen-bond donors (Lipinski definition) is 1. The molecule has 0 heterocycles. The van der Waals surface area contributed by atoms with Crippen LogP contribution in [0.15, 0.2) is 72.4 Å². The quantitative estimate of drug-likeness (QED) is 0.680. The van der Waals surface area contributed by atoms with Gasteiger partial charge < -0.3 is 5.11 Å². The summed E-state index contributed by atoms with van der Waals surface area (Å²) in [7, 11) is 0. The molecule has 1 aliphatic carbocycles. The Morgan fingerprint density at radius 1 is 0.800 bits per heavy atom. The van der Waals surface area contributed by atoms with Crippen molar-refractivity contribution in [2.45, 2.75) is 0 Å². The monoisotopic (exact) mass is 196 g/mol. The summed E-state index contributed by atoms with van der Waals surface area (Å²) in [4.78, 5) is 0. The van der Waals surface area contributed by atoms with Gasteiger partial charge in [0.15, 0.2) is 0 Å². The predicted octanol–water partition coefficient (Wildman–Crippen LogP) is 3.64. The molecular weight excluding hydrogens is 184 g/mol. The van der Waals surface area contributed by atoms with Crippen molar-refractivity contribution in [2.24, 2.45) is 0 Å². The SMILES string of the molecule is OC(=C1C=CC=CC=C1)c1ccccc1. The Kier molecular flexibility index (Phi) is 2.84. The molecule has 0 amide bonds. The minimum atomic E-state index is 0.312. The van der Waals surface area contributed by atoms with Crippen LogP contribution in [-0.4, -0.2) is 5.11 Å². The summed E-state index contributed by atoms with van der Waals surface area (Å²) in [6.45, 7) is 0. The molecule has 0 unspecified atom stereocenters. The predicted molar refractivity (Wildman–Crippen MR) is 63.4 cm³/mol. The first-order valence-electron chi connectivity index (χ1n) is 4.88. The van der Waals surface area contributed by atoms with Crippen molar-refractivity contribution >= 4 is 5.76 Å². The zero-order valence-corrected chi connectivity index (χ0v) is 8.30. The fourth-order valence-corrected chi connectivity index (χ4v) is 1.42. The Morgan fingerprint density at radius 2 is 1.40 bits per heavy atom. The summed E-state index contributed by atoms with van der Waals surface area (Å²) in [5.74, 6) is 0.312. The van der Waals surface area contributed by atoms with E-state index in [1.807, 2.05) is 66.8 Å². The minimum absolute atomic E-state index is 0.312. The molecule has 0 spiro atoms. The largest absolute Gasteiger partial charge is 0.507 e. The molecule has 0 aromatic heterocycles. The molecule has 0 saturated carbocycles. The second-order valence-corrected chi connectivity index (χ2v) is 3.27. The van der Waals surface area contributed by atoms with Gasteiger partial charge >= 0.3 is 0 Å². The lowest BCUT2D eigenvalue weighted by Gasteiger charge is -2.02. The fraction of sp³-hybridized carbons (Fsp3) is 0. The van der Waals surface area contributed by atoms with Gasteiger partial charge in [0.05, 0.1) is 0 Å². The van der Waals surface area contributed by atoms with Crippen LogP contribution in [0.5, 0.6) is 0 Å². The van der Waals surface area contributed by atoms with Gasteiger partial charge in [-0.05, 0) is 0 Å². The summed E-state index contributed by atoms with van der Waals surface area (Å²) >= 11 is 0. The van der Waals surface area contributed by atoms with Gasteiger partial charge in [0.1, 0.15) is 5.76 Å². The van der Waals surface area contributed by atoms with E-state index in [0.717, 1.165) is 11.1 Å². The van der Waals surface area contributed by atoms with Crippen LogP contribution in [0.1, 0.15) is 5.56 Å². The van der Waals surface area contributed by atoms with Crippen molar-refractivity contribution in [3.8, 4) is 0 Å². The highest BCUT2D eigenvalue weighted by atomic mass is 16.3. The second-order valence-electron chi connectivity index (χ2n) is 3.27. The van der Waals surface area contributed by atoms with Crippen LogP contribution in [0.4, 0.5) is 0 Å². The van der Waals surface area contributed by atoms with Crippen molar-refractivity contribution in [3.05, 3.63) is 77.9 Å². The Labute approximate surface area is 89.4 Å². The Hall–Kier alpha value is -2.02. The van der Waals surface area contributed by atoms with Gasteiger partial charge in [-0.15, -0.1) is 0 Å². The van der Waals surface area contributed by atoms with Crippen molar-refractivity contribution in [1.82, 2.24) is 0 Å². The molecule has 1 heteroatoms. The molecule has 2 rings (SSSR count). The molecular formula is C14H12O. The van der Waals surface area contributed by atoms with Crippen molar-refractivity contribution in [2.75, 3.05) is 0 Å². The smallest absolute Gasteiger partial charge is 0.130 e. The number of benzene rings is 1. The molecule has 0 bridgehead atoms. The van der Waals surface area contributed by atoms with E-state index in [1.54, 1.807) is 0 Å². The maximum Gasteiger partial charge on any atom is 0.130 e. The highest BCUT2D eigenvalue weighted by molar-refractivity contribution is 5.67. The molecule has 1 nitrogen and oxygen atoms in total. The number of rotatable bonds is 1. The average molecular weight is 196 g/mol. The Balaban J connectivity index is 2.41. The van der Waals surface area contributed by atoms with E-state index in [2.05, 4.69) is 0 Å². The van der Waals surface area contributed by atoms with E-state index >= 15 is 0 Å². The zero-order chi connectivity index (χ0) is 10.5. The molecule has 1 aromatic carbocycles. The van der Waals surface area contributed by atoms with Gasteiger partial charge in [-0.1, -0.05) is 66.8 Å². The lowest BCUT2D eigenvalue weighted by molar-refractivity contribution is 0.509. The standard InChI is InChI=1S/C14H12O/c15-14(13-10-6-3-7-11-13)12-8-4-1-2-5-9-12/h1-11,15H. The minimum Gasteiger partial charge on any atom is -0.507 e. The highest BCUT2D eigenvalue weighted by Gasteiger charge is 2.02. The molecule has 1 aromatic rings. The molecule has 74 valence electrons.